The van der Waals surface area contributed by atoms with Crippen molar-refractivity contribution in [1.29, 1.82) is 0 Å². The first kappa shape index (κ1) is 26.7. The number of rotatable bonds is 12. The molecule has 0 saturated carbocycles. The predicted molar refractivity (Wildman–Crippen MR) is 144 cm³/mol. The number of ether oxygens (including phenoxy) is 2. The van der Waals surface area contributed by atoms with Gasteiger partial charge in [-0.05, 0) is 68.0 Å². The summed E-state index contributed by atoms with van der Waals surface area (Å²) in [7, 11) is 1.34. The summed E-state index contributed by atoms with van der Waals surface area (Å²) in [5.74, 6) is 0.172. The lowest BCUT2D eigenvalue weighted by atomic mass is 9.90. The highest BCUT2D eigenvalue weighted by molar-refractivity contribution is 5.90. The van der Waals surface area contributed by atoms with Crippen LogP contribution in [0.2, 0.25) is 0 Å². The number of unbranched alkanes of at least 4 members (excludes halogenated alkanes) is 2. The van der Waals surface area contributed by atoms with E-state index in [4.69, 9.17) is 15.2 Å². The lowest BCUT2D eigenvalue weighted by Crippen LogP contribution is -2.53. The molecule has 0 spiro atoms. The number of aromatic amines is 1. The number of carbonyl (C=O) groups excluding carboxylic acids is 2. The van der Waals surface area contributed by atoms with Crippen molar-refractivity contribution in [2.45, 2.75) is 63.6 Å². The summed E-state index contributed by atoms with van der Waals surface area (Å²) < 4.78 is 10.8. The van der Waals surface area contributed by atoms with Crippen LogP contribution in [-0.4, -0.2) is 49.2 Å². The topological polar surface area (TPSA) is 118 Å². The minimum Gasteiger partial charge on any atom is -0.494 e. The zero-order valence-electron chi connectivity index (χ0n) is 21.7. The molecule has 4 rings (SSSR count). The first-order chi connectivity index (χ1) is 18.0. The number of fused-ring (bicyclic) bond motifs is 3. The van der Waals surface area contributed by atoms with Gasteiger partial charge in [-0.25, -0.2) is 4.79 Å². The zero-order chi connectivity index (χ0) is 26.2. The average molecular weight is 507 g/mol. The van der Waals surface area contributed by atoms with Gasteiger partial charge in [0.05, 0.1) is 25.8 Å². The number of carbonyl (C=O) groups is 2. The molecule has 3 aromatic rings. The first-order valence-corrected chi connectivity index (χ1v) is 13.2. The van der Waals surface area contributed by atoms with Gasteiger partial charge >= 0.3 is 5.97 Å². The number of para-hydroxylation sites is 1. The van der Waals surface area contributed by atoms with Crippen LogP contribution in [0, 0.1) is 0 Å². The molecule has 0 bridgehead atoms. The maximum Gasteiger partial charge on any atom is 0.328 e. The summed E-state index contributed by atoms with van der Waals surface area (Å²) in [5.41, 5.74) is 9.84. The van der Waals surface area contributed by atoms with Crippen molar-refractivity contribution in [2.75, 3.05) is 20.3 Å². The van der Waals surface area contributed by atoms with Crippen LogP contribution in [0.1, 0.15) is 61.9 Å². The van der Waals surface area contributed by atoms with Crippen LogP contribution in [0.5, 0.6) is 5.75 Å². The molecule has 0 fully saturated rings. The average Bonchev–Trinajstić information content (AvgIpc) is 3.31. The summed E-state index contributed by atoms with van der Waals surface area (Å²) in [5, 5.41) is 7.57. The Morgan fingerprint density at radius 1 is 1.11 bits per heavy atom. The number of esters is 1. The van der Waals surface area contributed by atoms with E-state index in [-0.39, 0.29) is 11.9 Å². The maximum atomic E-state index is 13.5. The molecule has 1 aliphatic rings. The van der Waals surface area contributed by atoms with Crippen LogP contribution in [0.4, 0.5) is 0 Å². The van der Waals surface area contributed by atoms with Gasteiger partial charge in [0.1, 0.15) is 11.8 Å². The highest BCUT2D eigenvalue weighted by atomic mass is 16.5. The van der Waals surface area contributed by atoms with Crippen LogP contribution >= 0.6 is 0 Å². The fourth-order valence-corrected chi connectivity index (χ4v) is 4.91. The molecule has 3 atom stereocenters. The van der Waals surface area contributed by atoms with Crippen molar-refractivity contribution in [3.63, 3.8) is 0 Å². The third kappa shape index (κ3) is 6.32. The molecule has 8 heteroatoms. The summed E-state index contributed by atoms with van der Waals surface area (Å²) >= 11 is 0. The zero-order valence-corrected chi connectivity index (χ0v) is 21.7. The van der Waals surface area contributed by atoms with Gasteiger partial charge < -0.3 is 25.5 Å². The van der Waals surface area contributed by atoms with Crippen LogP contribution in [0.3, 0.4) is 0 Å². The highest BCUT2D eigenvalue weighted by Gasteiger charge is 2.35. The Morgan fingerprint density at radius 3 is 2.62 bits per heavy atom. The van der Waals surface area contributed by atoms with Gasteiger partial charge in [0, 0.05) is 16.6 Å². The lowest BCUT2D eigenvalue weighted by molar-refractivity contribution is -0.145. The number of amides is 1. The molecular weight excluding hydrogens is 468 g/mol. The van der Waals surface area contributed by atoms with Crippen molar-refractivity contribution in [3.05, 3.63) is 65.4 Å². The fraction of sp³-hybridized carbons (Fsp3) is 0.448. The minimum absolute atomic E-state index is 0.217. The largest absolute Gasteiger partial charge is 0.494 e. The number of benzene rings is 2. The third-order valence-corrected chi connectivity index (χ3v) is 6.96. The number of nitrogens with two attached hydrogens (primary N) is 1. The summed E-state index contributed by atoms with van der Waals surface area (Å²) in [6.45, 7) is 3.37. The smallest absolute Gasteiger partial charge is 0.328 e. The van der Waals surface area contributed by atoms with E-state index >= 15 is 0 Å². The van der Waals surface area contributed by atoms with E-state index < -0.39 is 18.1 Å². The molecular formula is C29H38N4O4. The van der Waals surface area contributed by atoms with Crippen LogP contribution in [0.25, 0.3) is 10.9 Å². The van der Waals surface area contributed by atoms with Gasteiger partial charge in [0.2, 0.25) is 5.91 Å². The highest BCUT2D eigenvalue weighted by Crippen LogP contribution is 2.35. The molecule has 37 heavy (non-hydrogen) atoms. The van der Waals surface area contributed by atoms with Crippen molar-refractivity contribution >= 4 is 22.8 Å². The van der Waals surface area contributed by atoms with Crippen molar-refractivity contribution in [2.24, 2.45) is 5.73 Å². The molecule has 0 saturated heterocycles. The first-order valence-electron chi connectivity index (χ1n) is 13.2. The Kier molecular flexibility index (Phi) is 9.19. The van der Waals surface area contributed by atoms with E-state index in [1.165, 1.54) is 7.11 Å². The second-order valence-corrected chi connectivity index (χ2v) is 9.56. The number of hydrogen-bond acceptors (Lipinski definition) is 6. The monoisotopic (exact) mass is 506 g/mol. The molecule has 1 amide bonds. The quantitative estimate of drug-likeness (QED) is 0.220. The van der Waals surface area contributed by atoms with E-state index in [1.807, 2.05) is 36.4 Å². The van der Waals surface area contributed by atoms with E-state index in [0.717, 1.165) is 59.2 Å². The van der Waals surface area contributed by atoms with E-state index in [9.17, 15) is 9.59 Å². The number of aromatic nitrogens is 1. The third-order valence-electron chi connectivity index (χ3n) is 6.96. The molecule has 5 N–H and O–H groups in total. The van der Waals surface area contributed by atoms with E-state index in [2.05, 4.69) is 34.7 Å². The van der Waals surface area contributed by atoms with Gasteiger partial charge in [0.15, 0.2) is 0 Å². The van der Waals surface area contributed by atoms with Gasteiger partial charge in [-0.15, -0.1) is 0 Å². The number of hydrogen-bond donors (Lipinski definition) is 4. The molecule has 8 nitrogen and oxygen atoms in total. The standard InChI is InChI=1S/C29H38N4O4/c1-3-4-17-37-20-14-12-19(13-15-20)26-27-22(21-9-5-6-10-23(21)31-27)18-25(32-26)28(34)33-24(29(35)36-2)11-7-8-16-30/h5-6,9-10,12-15,24-26,31-32H,3-4,7-8,11,16-18,30H2,1-2H3,(H,33,34). The number of methoxy groups -OCH3 is 1. The van der Waals surface area contributed by atoms with Crippen LogP contribution < -0.4 is 21.1 Å². The predicted octanol–water partition coefficient (Wildman–Crippen LogP) is 3.74. The fourth-order valence-electron chi connectivity index (χ4n) is 4.91. The van der Waals surface area contributed by atoms with Crippen molar-refractivity contribution in [3.8, 4) is 5.75 Å². The van der Waals surface area contributed by atoms with Gasteiger partial charge in [-0.2, -0.15) is 0 Å². The molecule has 0 radical (unpaired) electrons. The summed E-state index contributed by atoms with van der Waals surface area (Å²) in [6, 6.07) is 14.7. The van der Waals surface area contributed by atoms with Gasteiger partial charge in [0.25, 0.3) is 0 Å². The lowest BCUT2D eigenvalue weighted by Gasteiger charge is -2.32. The second-order valence-electron chi connectivity index (χ2n) is 9.56. The van der Waals surface area contributed by atoms with Crippen LogP contribution in [0.15, 0.2) is 48.5 Å². The van der Waals surface area contributed by atoms with Gasteiger partial charge in [-0.1, -0.05) is 43.7 Å². The van der Waals surface area contributed by atoms with Crippen molar-refractivity contribution < 1.29 is 19.1 Å². The molecule has 1 aromatic heterocycles. The molecule has 0 aliphatic carbocycles. The Labute approximate surface area is 218 Å². The van der Waals surface area contributed by atoms with Crippen molar-refractivity contribution in [1.82, 2.24) is 15.6 Å². The number of nitrogens with one attached hydrogen (secondary N) is 3. The van der Waals surface area contributed by atoms with Gasteiger partial charge in [-0.3, -0.25) is 10.1 Å². The Bertz CT molecular complexity index is 1190. The van der Waals surface area contributed by atoms with E-state index in [1.54, 1.807) is 0 Å². The number of H-pyrrole nitrogens is 1. The molecule has 198 valence electrons. The van der Waals surface area contributed by atoms with E-state index in [0.29, 0.717) is 26.0 Å². The Morgan fingerprint density at radius 2 is 1.89 bits per heavy atom. The Hall–Kier alpha value is -3.36. The molecule has 1 aliphatic heterocycles. The summed E-state index contributed by atoms with van der Waals surface area (Å²) in [6.07, 6.45) is 4.61. The molecule has 2 heterocycles. The van der Waals surface area contributed by atoms with Crippen LogP contribution in [-0.2, 0) is 20.7 Å². The minimum atomic E-state index is -0.701. The summed E-state index contributed by atoms with van der Waals surface area (Å²) in [4.78, 5) is 29.4. The Balaban J connectivity index is 1.59. The molecule has 3 unspecified atom stereocenters. The SMILES string of the molecule is CCCCOc1ccc(C2NC(C(=O)NC(CCCCN)C(=O)OC)Cc3c2[nH]c2ccccc32)cc1. The normalized spacial score (nSPS) is 17.7. The molecule has 2 aromatic carbocycles. The maximum absolute atomic E-state index is 13.5. The second kappa shape index (κ2) is 12.7.